The molecule has 32 heavy (non-hydrogen) atoms. The van der Waals surface area contributed by atoms with Crippen LogP contribution < -0.4 is 21.9 Å². The van der Waals surface area contributed by atoms with Crippen LogP contribution in [0.2, 0.25) is 0 Å². The highest BCUT2D eigenvalue weighted by Crippen LogP contribution is 2.35. The van der Waals surface area contributed by atoms with E-state index in [1.165, 1.54) is 0 Å². The quantitative estimate of drug-likeness (QED) is 0.0858. The molecule has 1 amide bonds. The summed E-state index contributed by atoms with van der Waals surface area (Å²) in [6, 6.07) is 15.0. The SMILES string of the molecule is COCCNC(=O)c1cccc(Nc2nc3cc(C(=[NH2+])N=NN)ccc3c3sccc23)c1. The number of amidine groups is 1. The van der Waals surface area contributed by atoms with Gasteiger partial charge in [-0.3, -0.25) is 16.0 Å². The molecule has 6 N–H and O–H groups in total. The maximum atomic E-state index is 12.4. The van der Waals surface area contributed by atoms with Crippen molar-refractivity contribution in [2.24, 2.45) is 16.2 Å². The summed E-state index contributed by atoms with van der Waals surface area (Å²) in [5.74, 6) is 5.85. The summed E-state index contributed by atoms with van der Waals surface area (Å²) >= 11 is 1.63. The molecule has 0 unspecified atom stereocenters. The van der Waals surface area contributed by atoms with Crippen LogP contribution in [0.1, 0.15) is 15.9 Å². The van der Waals surface area contributed by atoms with E-state index in [4.69, 9.17) is 21.0 Å². The third-order valence-corrected chi connectivity index (χ3v) is 5.78. The number of nitrogens with zero attached hydrogens (tertiary/aromatic N) is 3. The van der Waals surface area contributed by atoms with E-state index < -0.39 is 0 Å². The number of anilines is 2. The number of rotatable bonds is 7. The van der Waals surface area contributed by atoms with Crippen LogP contribution in [0, 0.1) is 0 Å². The van der Waals surface area contributed by atoms with Gasteiger partial charge >= 0.3 is 5.84 Å². The molecule has 0 bridgehead atoms. The minimum absolute atomic E-state index is 0.164. The van der Waals surface area contributed by atoms with Gasteiger partial charge in [0.15, 0.2) is 0 Å². The van der Waals surface area contributed by atoms with E-state index in [0.29, 0.717) is 30.1 Å². The van der Waals surface area contributed by atoms with E-state index in [1.807, 2.05) is 41.8 Å². The number of carbonyl (C=O) groups is 1. The molecule has 2 aromatic heterocycles. The van der Waals surface area contributed by atoms with E-state index in [0.717, 1.165) is 26.7 Å². The number of amides is 1. The Bertz CT molecular complexity index is 1330. The lowest BCUT2D eigenvalue weighted by Gasteiger charge is -2.11. The molecule has 2 heterocycles. The topological polar surface area (TPSA) is 140 Å². The van der Waals surface area contributed by atoms with Gasteiger partial charge in [-0.1, -0.05) is 12.1 Å². The number of hydrogen-bond donors (Lipinski definition) is 4. The molecule has 4 rings (SSSR count). The van der Waals surface area contributed by atoms with Gasteiger partial charge in [0.1, 0.15) is 5.82 Å². The third-order valence-electron chi connectivity index (χ3n) is 4.84. The van der Waals surface area contributed by atoms with Gasteiger partial charge in [0.25, 0.3) is 5.91 Å². The van der Waals surface area contributed by atoms with Crippen LogP contribution in [-0.4, -0.2) is 37.0 Å². The number of pyridine rings is 1. The molecule has 162 valence electrons. The first-order valence-corrected chi connectivity index (χ1v) is 10.7. The standard InChI is InChI=1S/C22H21N7O2S/c1-31-9-8-25-22(30)14-3-2-4-15(11-14)26-21-17-7-10-32-19(17)16-6-5-13(12-18(16)27-21)20(23)28-29-24/h2-7,10-12H,8-9H2,1H3,(H,25,30)(H,26,27)(H3,23,24,28)/p+1. The fraction of sp³-hybridized carbons (Fsp3) is 0.136. The van der Waals surface area contributed by atoms with Crippen molar-refractivity contribution in [3.05, 3.63) is 65.0 Å². The normalized spacial score (nSPS) is 11.3. The summed E-state index contributed by atoms with van der Waals surface area (Å²) in [6.07, 6.45) is 0. The molecular formula is C22H22N7O2S+. The van der Waals surface area contributed by atoms with Crippen molar-refractivity contribution >= 4 is 55.6 Å². The minimum atomic E-state index is -0.164. The number of fused-ring (bicyclic) bond motifs is 3. The molecule has 0 atom stereocenters. The molecule has 4 aromatic rings. The zero-order valence-electron chi connectivity index (χ0n) is 17.3. The number of nitrogens with two attached hydrogens (primary N) is 2. The van der Waals surface area contributed by atoms with Crippen LogP contribution in [0.4, 0.5) is 11.5 Å². The Morgan fingerprint density at radius 2 is 2.06 bits per heavy atom. The van der Waals surface area contributed by atoms with E-state index >= 15 is 0 Å². The molecule has 0 aliphatic heterocycles. The van der Waals surface area contributed by atoms with Crippen molar-refractivity contribution < 1.29 is 14.9 Å². The number of aromatic nitrogens is 1. The summed E-state index contributed by atoms with van der Waals surface area (Å²) in [7, 11) is 1.59. The lowest BCUT2D eigenvalue weighted by atomic mass is 10.1. The highest BCUT2D eigenvalue weighted by atomic mass is 32.1. The number of carbonyl (C=O) groups excluding carboxylic acids is 1. The molecule has 0 spiro atoms. The van der Waals surface area contributed by atoms with E-state index in [2.05, 4.69) is 21.0 Å². The minimum Gasteiger partial charge on any atom is -0.383 e. The average Bonchev–Trinajstić information content (AvgIpc) is 3.30. The number of thiophene rings is 1. The fourth-order valence-corrected chi connectivity index (χ4v) is 4.25. The summed E-state index contributed by atoms with van der Waals surface area (Å²) in [5.41, 5.74) is 2.73. The van der Waals surface area contributed by atoms with Crippen LogP contribution in [0.5, 0.6) is 0 Å². The van der Waals surface area contributed by atoms with Crippen molar-refractivity contribution in [2.75, 3.05) is 25.6 Å². The van der Waals surface area contributed by atoms with Crippen LogP contribution in [0.25, 0.3) is 21.0 Å². The summed E-state index contributed by atoms with van der Waals surface area (Å²) < 4.78 is 6.07. The molecule has 0 radical (unpaired) electrons. The molecule has 0 fully saturated rings. The number of nitrogens with one attached hydrogen (secondary N) is 2. The molecule has 9 nitrogen and oxygen atoms in total. The first-order chi connectivity index (χ1) is 15.6. The second kappa shape index (κ2) is 9.50. The van der Waals surface area contributed by atoms with Crippen LogP contribution >= 0.6 is 11.3 Å². The van der Waals surface area contributed by atoms with Gasteiger partial charge in [0, 0.05) is 45.6 Å². The van der Waals surface area contributed by atoms with Crippen molar-refractivity contribution in [1.29, 1.82) is 0 Å². The van der Waals surface area contributed by atoms with Crippen molar-refractivity contribution in [3.63, 3.8) is 0 Å². The largest absolute Gasteiger partial charge is 0.383 e. The Morgan fingerprint density at radius 1 is 1.19 bits per heavy atom. The Morgan fingerprint density at radius 3 is 2.88 bits per heavy atom. The molecular weight excluding hydrogens is 426 g/mol. The second-order valence-corrected chi connectivity index (χ2v) is 7.83. The van der Waals surface area contributed by atoms with E-state index in [-0.39, 0.29) is 11.7 Å². The first-order valence-electron chi connectivity index (χ1n) is 9.79. The average molecular weight is 449 g/mol. The molecule has 0 aliphatic rings. The molecule has 0 saturated heterocycles. The van der Waals surface area contributed by atoms with Crippen molar-refractivity contribution in [1.82, 2.24) is 10.3 Å². The molecule has 10 heteroatoms. The summed E-state index contributed by atoms with van der Waals surface area (Å²) in [5, 5.41) is 23.1. The number of benzene rings is 2. The van der Waals surface area contributed by atoms with Gasteiger partial charge in [-0.2, -0.15) is 0 Å². The van der Waals surface area contributed by atoms with Crippen LogP contribution in [-0.2, 0) is 4.74 Å². The lowest BCUT2D eigenvalue weighted by molar-refractivity contribution is -0.114. The molecule has 2 aromatic carbocycles. The Labute approximate surface area is 187 Å². The maximum Gasteiger partial charge on any atom is 0.350 e. The number of methoxy groups -OCH3 is 1. The zero-order chi connectivity index (χ0) is 22.5. The first kappa shape index (κ1) is 21.3. The van der Waals surface area contributed by atoms with Gasteiger partial charge in [-0.25, -0.2) is 4.98 Å². The van der Waals surface area contributed by atoms with Gasteiger partial charge in [0.2, 0.25) is 0 Å². The zero-order valence-corrected chi connectivity index (χ0v) is 18.1. The van der Waals surface area contributed by atoms with Crippen molar-refractivity contribution in [2.45, 2.75) is 0 Å². The maximum absolute atomic E-state index is 12.4. The second-order valence-electron chi connectivity index (χ2n) is 6.91. The highest BCUT2D eigenvalue weighted by molar-refractivity contribution is 7.18. The highest BCUT2D eigenvalue weighted by Gasteiger charge is 2.15. The Hall–Kier alpha value is -3.89. The lowest BCUT2D eigenvalue weighted by Crippen LogP contribution is -2.38. The fourth-order valence-electron chi connectivity index (χ4n) is 3.32. The smallest absolute Gasteiger partial charge is 0.350 e. The Kier molecular flexibility index (Phi) is 6.34. The van der Waals surface area contributed by atoms with Crippen molar-refractivity contribution in [3.8, 4) is 0 Å². The van der Waals surface area contributed by atoms with E-state index in [9.17, 15) is 4.79 Å². The number of hydrogen-bond acceptors (Lipinski definition) is 6. The number of ether oxygens (including phenoxy) is 1. The van der Waals surface area contributed by atoms with E-state index in [1.54, 1.807) is 30.6 Å². The third kappa shape index (κ3) is 4.41. The van der Waals surface area contributed by atoms with Gasteiger partial charge in [0.05, 0.1) is 22.8 Å². The van der Waals surface area contributed by atoms with Gasteiger partial charge in [-0.05, 0) is 41.8 Å². The summed E-state index contributed by atoms with van der Waals surface area (Å²) in [4.78, 5) is 17.2. The monoisotopic (exact) mass is 448 g/mol. The summed E-state index contributed by atoms with van der Waals surface area (Å²) in [6.45, 7) is 0.901. The van der Waals surface area contributed by atoms with Crippen LogP contribution in [0.3, 0.4) is 0 Å². The Balaban J connectivity index is 1.69. The van der Waals surface area contributed by atoms with Crippen LogP contribution in [0.15, 0.2) is 64.2 Å². The van der Waals surface area contributed by atoms with Gasteiger partial charge < -0.3 is 15.4 Å². The predicted molar refractivity (Wildman–Crippen MR) is 126 cm³/mol. The predicted octanol–water partition coefficient (Wildman–Crippen LogP) is 2.40. The molecule has 0 saturated carbocycles. The molecule has 0 aliphatic carbocycles. The van der Waals surface area contributed by atoms with Gasteiger partial charge in [-0.15, -0.1) is 11.3 Å².